The highest BCUT2D eigenvalue weighted by molar-refractivity contribution is 7.91. The fourth-order valence-corrected chi connectivity index (χ4v) is 10.4. The summed E-state index contributed by atoms with van der Waals surface area (Å²) < 4.78 is 30.1. The maximum Gasteiger partial charge on any atom is 0.252 e. The number of thiophene rings is 1. The molecule has 1 fully saturated rings. The molecule has 2 N–H and O–H groups in total. The van der Waals surface area contributed by atoms with Gasteiger partial charge in [0.25, 0.3) is 10.0 Å². The van der Waals surface area contributed by atoms with Gasteiger partial charge in [-0.25, -0.2) is 8.42 Å². The molecule has 4 aromatic rings. The number of carbonyl (C=O) groups is 1. The van der Waals surface area contributed by atoms with Crippen molar-refractivity contribution in [1.29, 1.82) is 0 Å². The fraction of sp³-hybridized carbons (Fsp3) is 0.375. The normalized spacial score (nSPS) is 25.0. The number of hydrogen-bond acceptors (Lipinski definition) is 6. The molecule has 0 spiro atoms. The van der Waals surface area contributed by atoms with Gasteiger partial charge in [-0.15, -0.1) is 11.3 Å². The van der Waals surface area contributed by atoms with Crippen LogP contribution < -0.4 is 0 Å². The smallest absolute Gasteiger partial charge is 0.252 e. The third-order valence-electron chi connectivity index (χ3n) is 10.7. The number of carbonyl (C=O) groups excluding carboxylic acids is 1. The molecule has 3 aliphatic carbocycles. The second-order valence-electron chi connectivity index (χ2n) is 13.8. The van der Waals surface area contributed by atoms with E-state index in [1.807, 2.05) is 78.9 Å². The molecule has 6 nitrogen and oxygen atoms in total. The maximum atomic E-state index is 14.2. The number of fused-ring (bicyclic) bond motifs is 8. The summed E-state index contributed by atoms with van der Waals surface area (Å²) in [5, 5.41) is 25.6. The molecule has 2 bridgehead atoms. The van der Waals surface area contributed by atoms with Gasteiger partial charge < -0.3 is 10.2 Å². The topological polar surface area (TPSA) is 94.9 Å². The quantitative estimate of drug-likeness (QED) is 0.145. The molecule has 1 saturated carbocycles. The highest BCUT2D eigenvalue weighted by atomic mass is 32.2. The van der Waals surface area contributed by atoms with Gasteiger partial charge >= 0.3 is 0 Å². The summed E-state index contributed by atoms with van der Waals surface area (Å²) in [5.74, 6) is -0.294. The van der Waals surface area contributed by atoms with Crippen molar-refractivity contribution in [3.63, 3.8) is 0 Å². The average Bonchev–Trinajstić information content (AvgIpc) is 3.72. The third-order valence-corrected chi connectivity index (χ3v) is 13.8. The molecule has 0 amide bonds. The first-order valence-electron chi connectivity index (χ1n) is 16.9. The first-order valence-corrected chi connectivity index (χ1v) is 19.2. The standard InChI is InChI=1S/C40H45NO5S2/c1-29-11-9-22-39(2)36(34-20-18-31(25-33(42)19-17-29)26-35(34)38(43)32-14-7-4-8-15-32)21-23-40(39,44)28-41(27-30-12-5-3-6-13-30)48(45,46)37-16-10-24-47-37/h3-8,10-16,18,20,24,26,33,36,42,44H,9,17,19,21-23,25,27-28H2,1-2H3/t33-,36-,39-,40+/m0/s1. The Balaban J connectivity index is 1.46. The van der Waals surface area contributed by atoms with Crippen LogP contribution in [0.4, 0.5) is 0 Å². The van der Waals surface area contributed by atoms with Gasteiger partial charge in [0.15, 0.2) is 5.78 Å². The number of sulfonamides is 1. The summed E-state index contributed by atoms with van der Waals surface area (Å²) in [5.41, 5.74) is 2.83. The van der Waals surface area contributed by atoms with Crippen molar-refractivity contribution >= 4 is 27.1 Å². The van der Waals surface area contributed by atoms with Crippen molar-refractivity contribution < 1.29 is 23.4 Å². The second kappa shape index (κ2) is 14.2. The lowest BCUT2D eigenvalue weighted by Gasteiger charge is -2.46. The molecule has 3 aliphatic rings. The molecule has 1 aromatic heterocycles. The van der Waals surface area contributed by atoms with Crippen molar-refractivity contribution in [2.45, 2.75) is 87.2 Å². The molecule has 4 atom stereocenters. The van der Waals surface area contributed by atoms with E-state index in [4.69, 9.17) is 0 Å². The largest absolute Gasteiger partial charge is 0.393 e. The van der Waals surface area contributed by atoms with Gasteiger partial charge in [-0.3, -0.25) is 4.79 Å². The number of aliphatic hydroxyl groups excluding tert-OH is 1. The van der Waals surface area contributed by atoms with Crippen LogP contribution in [0, 0.1) is 5.41 Å². The first kappa shape index (κ1) is 34.5. The Kier molecular flexibility index (Phi) is 10.2. The van der Waals surface area contributed by atoms with E-state index in [2.05, 4.69) is 19.9 Å². The van der Waals surface area contributed by atoms with E-state index in [1.54, 1.807) is 17.5 Å². The van der Waals surface area contributed by atoms with E-state index < -0.39 is 27.1 Å². The van der Waals surface area contributed by atoms with Gasteiger partial charge in [0.1, 0.15) is 4.21 Å². The number of aliphatic hydroxyl groups is 2. The molecule has 252 valence electrons. The Hall–Kier alpha value is -3.40. The molecule has 0 saturated heterocycles. The van der Waals surface area contributed by atoms with E-state index >= 15 is 0 Å². The summed E-state index contributed by atoms with van der Waals surface area (Å²) in [6.07, 6.45) is 5.77. The SMILES string of the molecule is CC1=CCC[C@@]2(C)[C@@H](CC[C@@]2(O)CN(Cc2ccccc2)S(=O)(=O)c2cccs2)c2ccc(cc2C(=O)c2ccccc2)C[C@@H](O)CC1. The molecule has 0 radical (unpaired) electrons. The zero-order valence-electron chi connectivity index (χ0n) is 27.7. The van der Waals surface area contributed by atoms with Crippen LogP contribution in [0.25, 0.3) is 0 Å². The zero-order chi connectivity index (χ0) is 33.9. The predicted octanol–water partition coefficient (Wildman–Crippen LogP) is 7.91. The summed E-state index contributed by atoms with van der Waals surface area (Å²) in [7, 11) is -3.91. The van der Waals surface area contributed by atoms with E-state index in [0.29, 0.717) is 49.7 Å². The van der Waals surface area contributed by atoms with Crippen molar-refractivity contribution in [1.82, 2.24) is 4.31 Å². The molecule has 48 heavy (non-hydrogen) atoms. The third kappa shape index (κ3) is 7.00. The van der Waals surface area contributed by atoms with Crippen LogP contribution in [0.5, 0.6) is 0 Å². The minimum Gasteiger partial charge on any atom is -0.393 e. The van der Waals surface area contributed by atoms with E-state index in [9.17, 15) is 23.4 Å². The van der Waals surface area contributed by atoms with Crippen molar-refractivity contribution in [3.8, 4) is 0 Å². The van der Waals surface area contributed by atoms with Gasteiger partial charge in [0.2, 0.25) is 0 Å². The van der Waals surface area contributed by atoms with Crippen LogP contribution in [0.15, 0.2) is 112 Å². The molecule has 8 heteroatoms. The number of ketones is 1. The zero-order valence-corrected chi connectivity index (χ0v) is 29.3. The van der Waals surface area contributed by atoms with Crippen LogP contribution in [0.2, 0.25) is 0 Å². The summed E-state index contributed by atoms with van der Waals surface area (Å²) in [6.45, 7) is 4.24. The van der Waals surface area contributed by atoms with Crippen LogP contribution in [0.1, 0.15) is 90.9 Å². The van der Waals surface area contributed by atoms with Gasteiger partial charge in [-0.05, 0) is 92.0 Å². The van der Waals surface area contributed by atoms with Gasteiger partial charge in [-0.2, -0.15) is 4.31 Å². The van der Waals surface area contributed by atoms with Gasteiger partial charge in [0, 0.05) is 29.6 Å². The molecule has 1 heterocycles. The molecule has 0 unspecified atom stereocenters. The van der Waals surface area contributed by atoms with Crippen LogP contribution >= 0.6 is 11.3 Å². The second-order valence-corrected chi connectivity index (χ2v) is 16.9. The Morgan fingerprint density at radius 1 is 0.958 bits per heavy atom. The highest BCUT2D eigenvalue weighted by Gasteiger charge is 2.58. The van der Waals surface area contributed by atoms with E-state index in [-0.39, 0.29) is 29.0 Å². The molecule has 3 aromatic carbocycles. The van der Waals surface area contributed by atoms with Crippen molar-refractivity contribution in [3.05, 3.63) is 136 Å². The lowest BCUT2D eigenvalue weighted by Crippen LogP contribution is -2.53. The van der Waals surface area contributed by atoms with Crippen LogP contribution in [-0.2, 0) is 23.0 Å². The van der Waals surface area contributed by atoms with Crippen LogP contribution in [0.3, 0.4) is 0 Å². The monoisotopic (exact) mass is 683 g/mol. The summed E-state index contributed by atoms with van der Waals surface area (Å²) in [4.78, 5) is 14.2. The Bertz CT molecular complexity index is 1860. The lowest BCUT2D eigenvalue weighted by molar-refractivity contribution is -0.0731. The number of allylic oxidation sites excluding steroid dienone is 2. The number of benzene rings is 3. The van der Waals surface area contributed by atoms with Gasteiger partial charge in [0.05, 0.1) is 11.7 Å². The summed E-state index contributed by atoms with van der Waals surface area (Å²) >= 11 is 1.18. The molecular formula is C40H45NO5S2. The number of hydrogen-bond donors (Lipinski definition) is 2. The summed E-state index contributed by atoms with van der Waals surface area (Å²) in [6, 6.07) is 28.1. The Morgan fingerprint density at radius 2 is 1.69 bits per heavy atom. The molecule has 7 rings (SSSR count). The van der Waals surface area contributed by atoms with Crippen molar-refractivity contribution in [2.24, 2.45) is 5.41 Å². The fourth-order valence-electron chi connectivity index (χ4n) is 7.78. The van der Waals surface area contributed by atoms with Gasteiger partial charge in [-0.1, -0.05) is 97.4 Å². The lowest BCUT2D eigenvalue weighted by atomic mass is 9.64. The van der Waals surface area contributed by atoms with E-state index in [0.717, 1.165) is 23.1 Å². The first-order chi connectivity index (χ1) is 23.0. The maximum absolute atomic E-state index is 14.2. The van der Waals surface area contributed by atoms with Crippen LogP contribution in [-0.4, -0.2) is 47.0 Å². The molecule has 0 aliphatic heterocycles. The Labute approximate surface area is 288 Å². The molecular weight excluding hydrogens is 639 g/mol. The highest BCUT2D eigenvalue weighted by Crippen LogP contribution is 2.59. The number of nitrogens with zero attached hydrogens (tertiary/aromatic N) is 1. The minimum atomic E-state index is -3.91. The predicted molar refractivity (Wildman–Crippen MR) is 192 cm³/mol. The van der Waals surface area contributed by atoms with E-state index in [1.165, 1.54) is 21.2 Å². The van der Waals surface area contributed by atoms with Crippen molar-refractivity contribution in [2.75, 3.05) is 6.54 Å². The number of rotatable bonds is 8. The minimum absolute atomic E-state index is 0.0654. The Morgan fingerprint density at radius 3 is 2.40 bits per heavy atom. The average molecular weight is 684 g/mol.